The highest BCUT2D eigenvalue weighted by Gasteiger charge is 2.16. The van der Waals surface area contributed by atoms with Gasteiger partial charge in [-0.05, 0) is 31.4 Å². The summed E-state index contributed by atoms with van der Waals surface area (Å²) >= 11 is 1.64. The molecule has 0 saturated carbocycles. The summed E-state index contributed by atoms with van der Waals surface area (Å²) in [6.45, 7) is 0.861. The van der Waals surface area contributed by atoms with Crippen LogP contribution in [-0.4, -0.2) is 28.8 Å². The van der Waals surface area contributed by atoms with E-state index in [1.165, 1.54) is 6.42 Å². The van der Waals surface area contributed by atoms with Crippen LogP contribution in [0.25, 0.3) is 11.3 Å². The molecule has 1 aliphatic rings. The van der Waals surface area contributed by atoms with Crippen LogP contribution in [0.5, 0.6) is 0 Å². The maximum atomic E-state index is 10.8. The molecule has 1 N–H and O–H groups in total. The third kappa shape index (κ3) is 3.49. The number of carboxylic acids is 1. The molecule has 1 fully saturated rings. The fraction of sp³-hybridized carbons (Fsp3) is 0.375. The fourth-order valence-corrected chi connectivity index (χ4v) is 3.35. The number of nitrogens with zero attached hydrogens (tertiary/aromatic N) is 1. The van der Waals surface area contributed by atoms with E-state index in [-0.39, 0.29) is 0 Å². The summed E-state index contributed by atoms with van der Waals surface area (Å²) in [7, 11) is 0. The maximum Gasteiger partial charge on any atom is 0.335 e. The third-order valence-electron chi connectivity index (χ3n) is 3.66. The molecule has 2 heterocycles. The molecule has 0 amide bonds. The molecule has 0 spiro atoms. The van der Waals surface area contributed by atoms with Crippen LogP contribution in [0, 0.1) is 0 Å². The van der Waals surface area contributed by atoms with Crippen molar-refractivity contribution >= 4 is 17.3 Å². The molecule has 110 valence electrons. The molecule has 1 aliphatic heterocycles. The zero-order valence-electron chi connectivity index (χ0n) is 11.6. The number of carbonyl (C=O) groups is 1. The lowest BCUT2D eigenvalue weighted by molar-refractivity contribution is 0.0168. The Bertz CT molecular complexity index is 615. The summed E-state index contributed by atoms with van der Waals surface area (Å²) in [5.41, 5.74) is 2.15. The molecule has 1 aromatic heterocycles. The van der Waals surface area contributed by atoms with Crippen molar-refractivity contribution < 1.29 is 14.6 Å². The van der Waals surface area contributed by atoms with E-state index in [4.69, 9.17) is 9.84 Å². The van der Waals surface area contributed by atoms with Crippen molar-refractivity contribution in [1.29, 1.82) is 0 Å². The first-order chi connectivity index (χ1) is 10.2. The number of carboxylic acid groups (broad SMARTS) is 1. The first kappa shape index (κ1) is 14.2. The van der Waals surface area contributed by atoms with Gasteiger partial charge in [-0.25, -0.2) is 9.78 Å². The van der Waals surface area contributed by atoms with E-state index in [1.54, 1.807) is 35.6 Å². The molecule has 1 atom stereocenters. The molecule has 1 saturated heterocycles. The van der Waals surface area contributed by atoms with Gasteiger partial charge in [0.2, 0.25) is 0 Å². The van der Waals surface area contributed by atoms with Crippen LogP contribution in [0.2, 0.25) is 0 Å². The number of benzene rings is 1. The topological polar surface area (TPSA) is 59.4 Å². The largest absolute Gasteiger partial charge is 0.478 e. The number of hydrogen-bond acceptors (Lipinski definition) is 4. The SMILES string of the molecule is O=C(O)c1ccc(-c2csc(CC3CCCCO3)n2)cc1. The monoisotopic (exact) mass is 303 g/mol. The van der Waals surface area contributed by atoms with Crippen molar-refractivity contribution in [2.75, 3.05) is 6.61 Å². The van der Waals surface area contributed by atoms with Crippen molar-refractivity contribution in [2.24, 2.45) is 0 Å². The average Bonchev–Trinajstić information content (AvgIpc) is 2.97. The van der Waals surface area contributed by atoms with Crippen molar-refractivity contribution in [3.05, 3.63) is 40.2 Å². The Morgan fingerprint density at radius 1 is 1.33 bits per heavy atom. The zero-order chi connectivity index (χ0) is 14.7. The zero-order valence-corrected chi connectivity index (χ0v) is 12.4. The summed E-state index contributed by atoms with van der Waals surface area (Å²) < 4.78 is 5.74. The highest BCUT2D eigenvalue weighted by molar-refractivity contribution is 7.09. The van der Waals surface area contributed by atoms with Gasteiger partial charge in [-0.15, -0.1) is 11.3 Å². The number of ether oxygens (including phenoxy) is 1. The molecule has 3 rings (SSSR count). The Balaban J connectivity index is 1.70. The van der Waals surface area contributed by atoms with Crippen molar-refractivity contribution in [3.63, 3.8) is 0 Å². The summed E-state index contributed by atoms with van der Waals surface area (Å²) in [5, 5.41) is 12.0. The Morgan fingerprint density at radius 2 is 2.14 bits per heavy atom. The fourth-order valence-electron chi connectivity index (χ4n) is 2.48. The standard InChI is InChI=1S/C16H17NO3S/c18-16(19)12-6-4-11(5-7-12)14-10-21-15(17-14)9-13-3-1-2-8-20-13/h4-7,10,13H,1-3,8-9H2,(H,18,19). The first-order valence-corrected chi connectivity index (χ1v) is 8.00. The summed E-state index contributed by atoms with van der Waals surface area (Å²) in [4.78, 5) is 15.5. The van der Waals surface area contributed by atoms with Crippen molar-refractivity contribution in [1.82, 2.24) is 4.98 Å². The lowest BCUT2D eigenvalue weighted by Crippen LogP contribution is -2.21. The molecule has 0 radical (unpaired) electrons. The van der Waals surface area contributed by atoms with E-state index in [9.17, 15) is 4.79 Å². The Labute approximate surface area is 127 Å². The van der Waals surface area contributed by atoms with Gasteiger partial charge in [0.1, 0.15) is 0 Å². The minimum absolute atomic E-state index is 0.296. The lowest BCUT2D eigenvalue weighted by Gasteiger charge is -2.21. The Kier molecular flexibility index (Phi) is 4.31. The summed E-state index contributed by atoms with van der Waals surface area (Å²) in [5.74, 6) is -0.907. The molecule has 1 unspecified atom stereocenters. The summed E-state index contributed by atoms with van der Waals surface area (Å²) in [6.07, 6.45) is 4.68. The predicted molar refractivity (Wildman–Crippen MR) is 81.8 cm³/mol. The van der Waals surface area contributed by atoms with Crippen LogP contribution >= 0.6 is 11.3 Å². The normalized spacial score (nSPS) is 18.6. The molecule has 2 aromatic rings. The smallest absolute Gasteiger partial charge is 0.335 e. The average molecular weight is 303 g/mol. The van der Waals surface area contributed by atoms with Gasteiger partial charge in [0.15, 0.2) is 0 Å². The van der Waals surface area contributed by atoms with Crippen LogP contribution in [0.15, 0.2) is 29.6 Å². The van der Waals surface area contributed by atoms with Crippen molar-refractivity contribution in [3.8, 4) is 11.3 Å². The minimum Gasteiger partial charge on any atom is -0.478 e. The Morgan fingerprint density at radius 3 is 2.81 bits per heavy atom. The third-order valence-corrected chi connectivity index (χ3v) is 4.53. The number of rotatable bonds is 4. The van der Waals surface area contributed by atoms with Gasteiger partial charge in [-0.1, -0.05) is 12.1 Å². The highest BCUT2D eigenvalue weighted by Crippen LogP contribution is 2.25. The molecule has 5 heteroatoms. The van der Waals surface area contributed by atoms with E-state index >= 15 is 0 Å². The van der Waals surface area contributed by atoms with Crippen LogP contribution in [0.1, 0.15) is 34.6 Å². The van der Waals surface area contributed by atoms with E-state index in [2.05, 4.69) is 4.98 Å². The van der Waals surface area contributed by atoms with Crippen molar-refractivity contribution in [2.45, 2.75) is 31.8 Å². The summed E-state index contributed by atoms with van der Waals surface area (Å²) in [6, 6.07) is 6.83. The van der Waals surface area contributed by atoms with Gasteiger partial charge < -0.3 is 9.84 Å². The highest BCUT2D eigenvalue weighted by atomic mass is 32.1. The number of aromatic carboxylic acids is 1. The van der Waals surface area contributed by atoms with Crippen LogP contribution in [0.4, 0.5) is 0 Å². The van der Waals surface area contributed by atoms with Crippen LogP contribution in [0.3, 0.4) is 0 Å². The number of aromatic nitrogens is 1. The molecular formula is C16H17NO3S. The molecule has 0 aliphatic carbocycles. The lowest BCUT2D eigenvalue weighted by atomic mass is 10.1. The molecule has 4 nitrogen and oxygen atoms in total. The van der Waals surface area contributed by atoms with Gasteiger partial charge in [0.05, 0.1) is 22.4 Å². The molecule has 21 heavy (non-hydrogen) atoms. The minimum atomic E-state index is -0.907. The second kappa shape index (κ2) is 6.37. The van der Waals surface area contributed by atoms with E-state index in [0.29, 0.717) is 11.7 Å². The predicted octanol–water partition coefficient (Wildman–Crippen LogP) is 3.62. The van der Waals surface area contributed by atoms with E-state index in [0.717, 1.165) is 42.1 Å². The molecule has 0 bridgehead atoms. The van der Waals surface area contributed by atoms with Gasteiger partial charge in [-0.2, -0.15) is 0 Å². The second-order valence-corrected chi connectivity index (χ2v) is 6.14. The molecule has 1 aromatic carbocycles. The Hall–Kier alpha value is -1.72. The van der Waals surface area contributed by atoms with E-state index < -0.39 is 5.97 Å². The van der Waals surface area contributed by atoms with Crippen LogP contribution < -0.4 is 0 Å². The first-order valence-electron chi connectivity index (χ1n) is 7.12. The quantitative estimate of drug-likeness (QED) is 0.937. The number of thiazole rings is 1. The van der Waals surface area contributed by atoms with Gasteiger partial charge in [0, 0.05) is 24.0 Å². The number of hydrogen-bond donors (Lipinski definition) is 1. The van der Waals surface area contributed by atoms with Gasteiger partial charge >= 0.3 is 5.97 Å². The second-order valence-electron chi connectivity index (χ2n) is 5.20. The van der Waals surface area contributed by atoms with Gasteiger partial charge in [-0.3, -0.25) is 0 Å². The maximum absolute atomic E-state index is 10.8. The van der Waals surface area contributed by atoms with E-state index in [1.807, 2.05) is 5.38 Å². The molecular weight excluding hydrogens is 286 g/mol. The van der Waals surface area contributed by atoms with Gasteiger partial charge in [0.25, 0.3) is 0 Å². The van der Waals surface area contributed by atoms with Crippen LogP contribution in [-0.2, 0) is 11.2 Å².